The van der Waals surface area contributed by atoms with Crippen molar-refractivity contribution in [1.29, 1.82) is 0 Å². The molecule has 16 heavy (non-hydrogen) atoms. The molecule has 0 aromatic carbocycles. The molecule has 0 saturated heterocycles. The van der Waals surface area contributed by atoms with E-state index in [1.165, 1.54) is 12.3 Å². The van der Waals surface area contributed by atoms with E-state index in [1.54, 1.807) is 0 Å². The number of nitrogen functional groups attached to an aromatic ring is 1. The number of anilines is 2. The zero-order valence-corrected chi connectivity index (χ0v) is 9.74. The largest absolute Gasteiger partial charge is 0.478 e. The summed E-state index contributed by atoms with van der Waals surface area (Å²) in [5.74, 6) is -0.673. The van der Waals surface area contributed by atoms with Crippen LogP contribution in [0.25, 0.3) is 0 Å². The number of pyridine rings is 1. The summed E-state index contributed by atoms with van der Waals surface area (Å²) in [5, 5.41) is 12.0. The van der Waals surface area contributed by atoms with E-state index in [0.29, 0.717) is 18.1 Å². The fraction of sp³-hybridized carbons (Fsp3) is 0.455. The third-order valence-electron chi connectivity index (χ3n) is 1.93. The molecule has 0 bridgehead atoms. The van der Waals surface area contributed by atoms with Crippen LogP contribution in [0, 0.1) is 5.41 Å². The number of aromatic carboxylic acids is 1. The lowest BCUT2D eigenvalue weighted by atomic mass is 9.97. The Balaban J connectivity index is 2.91. The number of aromatic nitrogens is 1. The molecule has 1 heterocycles. The molecule has 0 amide bonds. The second kappa shape index (κ2) is 4.38. The number of hydrogen-bond donors (Lipinski definition) is 3. The van der Waals surface area contributed by atoms with Crippen LogP contribution < -0.4 is 11.1 Å². The molecule has 0 saturated carbocycles. The summed E-state index contributed by atoms with van der Waals surface area (Å²) < 4.78 is 0. The van der Waals surface area contributed by atoms with Gasteiger partial charge in [0.15, 0.2) is 0 Å². The first kappa shape index (κ1) is 12.3. The topological polar surface area (TPSA) is 88.2 Å². The smallest absolute Gasteiger partial charge is 0.339 e. The van der Waals surface area contributed by atoms with Gasteiger partial charge in [-0.2, -0.15) is 0 Å². The number of nitrogens with zero attached hydrogens (tertiary/aromatic N) is 1. The monoisotopic (exact) mass is 223 g/mol. The third kappa shape index (κ3) is 3.42. The number of carboxylic acid groups (broad SMARTS) is 1. The molecule has 0 spiro atoms. The Morgan fingerprint density at radius 2 is 2.19 bits per heavy atom. The van der Waals surface area contributed by atoms with Gasteiger partial charge in [0.25, 0.3) is 0 Å². The Morgan fingerprint density at radius 3 is 2.69 bits per heavy atom. The van der Waals surface area contributed by atoms with Crippen LogP contribution in [0.15, 0.2) is 12.3 Å². The lowest BCUT2D eigenvalue weighted by Crippen LogP contribution is -2.21. The van der Waals surface area contributed by atoms with Crippen LogP contribution in [0.3, 0.4) is 0 Å². The highest BCUT2D eigenvalue weighted by atomic mass is 16.4. The summed E-state index contributed by atoms with van der Waals surface area (Å²) >= 11 is 0. The Labute approximate surface area is 94.7 Å². The van der Waals surface area contributed by atoms with Crippen molar-refractivity contribution in [2.45, 2.75) is 20.8 Å². The quantitative estimate of drug-likeness (QED) is 0.727. The van der Waals surface area contributed by atoms with Crippen LogP contribution in [-0.2, 0) is 0 Å². The second-order valence-corrected chi connectivity index (χ2v) is 4.88. The predicted octanol–water partition coefficient (Wildman–Crippen LogP) is 1.82. The van der Waals surface area contributed by atoms with E-state index in [-0.39, 0.29) is 11.0 Å². The maximum absolute atomic E-state index is 11.0. The van der Waals surface area contributed by atoms with Gasteiger partial charge in [-0.3, -0.25) is 0 Å². The van der Waals surface area contributed by atoms with Gasteiger partial charge in [0.1, 0.15) is 11.4 Å². The highest BCUT2D eigenvalue weighted by Gasteiger charge is 2.15. The number of carbonyl (C=O) groups is 1. The lowest BCUT2D eigenvalue weighted by Gasteiger charge is -2.19. The van der Waals surface area contributed by atoms with Crippen molar-refractivity contribution in [1.82, 2.24) is 4.98 Å². The van der Waals surface area contributed by atoms with E-state index < -0.39 is 5.97 Å². The predicted molar refractivity (Wildman–Crippen MR) is 63.6 cm³/mol. The molecular formula is C11H17N3O2. The minimum absolute atomic E-state index is 0.0544. The first-order chi connectivity index (χ1) is 7.29. The van der Waals surface area contributed by atoms with Gasteiger partial charge in [0.05, 0.1) is 11.9 Å². The fourth-order valence-corrected chi connectivity index (χ4v) is 1.13. The minimum Gasteiger partial charge on any atom is -0.478 e. The number of hydrogen-bond acceptors (Lipinski definition) is 4. The van der Waals surface area contributed by atoms with E-state index in [9.17, 15) is 4.79 Å². The first-order valence-electron chi connectivity index (χ1n) is 5.02. The number of carboxylic acids is 1. The van der Waals surface area contributed by atoms with E-state index in [2.05, 4.69) is 31.1 Å². The maximum Gasteiger partial charge on any atom is 0.339 e. The Morgan fingerprint density at radius 1 is 1.56 bits per heavy atom. The Hall–Kier alpha value is -1.78. The summed E-state index contributed by atoms with van der Waals surface area (Å²) in [4.78, 5) is 14.9. The average molecular weight is 223 g/mol. The number of nitrogens with two attached hydrogens (primary N) is 1. The molecular weight excluding hydrogens is 206 g/mol. The van der Waals surface area contributed by atoms with Gasteiger partial charge < -0.3 is 16.2 Å². The summed E-state index contributed by atoms with van der Waals surface area (Å²) in [6.45, 7) is 6.80. The van der Waals surface area contributed by atoms with E-state index >= 15 is 0 Å². The van der Waals surface area contributed by atoms with Gasteiger partial charge in [-0.25, -0.2) is 9.78 Å². The molecule has 1 aromatic rings. The first-order valence-corrected chi connectivity index (χ1v) is 5.02. The van der Waals surface area contributed by atoms with Gasteiger partial charge in [0, 0.05) is 6.54 Å². The van der Waals surface area contributed by atoms with Crippen molar-refractivity contribution in [3.8, 4) is 0 Å². The van der Waals surface area contributed by atoms with E-state index in [1.807, 2.05) is 0 Å². The van der Waals surface area contributed by atoms with Crippen LogP contribution in [-0.4, -0.2) is 22.6 Å². The standard InChI is InChI=1S/C11H17N3O2/c1-11(2,3)6-14-9-8(10(15)16)4-7(12)5-13-9/h4-5H,6,12H2,1-3H3,(H,13,14)(H,15,16). The molecule has 0 atom stereocenters. The Bertz CT molecular complexity index is 397. The second-order valence-electron chi connectivity index (χ2n) is 4.88. The van der Waals surface area contributed by atoms with Crippen molar-refractivity contribution >= 4 is 17.5 Å². The molecule has 4 N–H and O–H groups in total. The van der Waals surface area contributed by atoms with Crippen molar-refractivity contribution < 1.29 is 9.90 Å². The van der Waals surface area contributed by atoms with Gasteiger partial charge in [0.2, 0.25) is 0 Å². The molecule has 1 rings (SSSR count). The molecule has 88 valence electrons. The third-order valence-corrected chi connectivity index (χ3v) is 1.93. The number of nitrogens with one attached hydrogen (secondary N) is 1. The molecule has 1 aromatic heterocycles. The van der Waals surface area contributed by atoms with Gasteiger partial charge in [-0.15, -0.1) is 0 Å². The normalized spacial score (nSPS) is 11.2. The molecule has 5 heteroatoms. The van der Waals surface area contributed by atoms with Gasteiger partial charge in [-0.05, 0) is 11.5 Å². The SMILES string of the molecule is CC(C)(C)CNc1ncc(N)cc1C(=O)O. The average Bonchev–Trinajstić information content (AvgIpc) is 2.14. The highest BCUT2D eigenvalue weighted by Crippen LogP contribution is 2.18. The molecule has 0 radical (unpaired) electrons. The molecule has 0 aliphatic heterocycles. The molecule has 0 aliphatic carbocycles. The minimum atomic E-state index is -1.03. The molecule has 0 unspecified atom stereocenters. The highest BCUT2D eigenvalue weighted by molar-refractivity contribution is 5.94. The van der Waals surface area contributed by atoms with Crippen LogP contribution >= 0.6 is 0 Å². The zero-order valence-electron chi connectivity index (χ0n) is 9.74. The van der Waals surface area contributed by atoms with Crippen molar-refractivity contribution in [3.05, 3.63) is 17.8 Å². The zero-order chi connectivity index (χ0) is 12.3. The summed E-state index contributed by atoms with van der Waals surface area (Å²) in [7, 11) is 0. The molecule has 5 nitrogen and oxygen atoms in total. The Kier molecular flexibility index (Phi) is 3.37. The lowest BCUT2D eigenvalue weighted by molar-refractivity contribution is 0.0697. The number of rotatable bonds is 3. The fourth-order valence-electron chi connectivity index (χ4n) is 1.13. The van der Waals surface area contributed by atoms with E-state index in [0.717, 1.165) is 0 Å². The van der Waals surface area contributed by atoms with Gasteiger partial charge in [-0.1, -0.05) is 20.8 Å². The van der Waals surface area contributed by atoms with Crippen LogP contribution in [0.5, 0.6) is 0 Å². The summed E-state index contributed by atoms with van der Waals surface area (Å²) in [6.07, 6.45) is 1.44. The van der Waals surface area contributed by atoms with Crippen molar-refractivity contribution in [2.75, 3.05) is 17.6 Å². The summed E-state index contributed by atoms with van der Waals surface area (Å²) in [6, 6.07) is 1.40. The summed E-state index contributed by atoms with van der Waals surface area (Å²) in [5.41, 5.74) is 6.00. The molecule has 0 aliphatic rings. The maximum atomic E-state index is 11.0. The van der Waals surface area contributed by atoms with Crippen molar-refractivity contribution in [2.24, 2.45) is 5.41 Å². The van der Waals surface area contributed by atoms with E-state index in [4.69, 9.17) is 10.8 Å². The van der Waals surface area contributed by atoms with Crippen molar-refractivity contribution in [3.63, 3.8) is 0 Å². The van der Waals surface area contributed by atoms with Gasteiger partial charge >= 0.3 is 5.97 Å². The van der Waals surface area contributed by atoms with Crippen LogP contribution in [0.2, 0.25) is 0 Å². The van der Waals surface area contributed by atoms with Crippen LogP contribution in [0.1, 0.15) is 31.1 Å². The molecule has 0 fully saturated rings. The van der Waals surface area contributed by atoms with Crippen LogP contribution in [0.4, 0.5) is 11.5 Å².